The molecule has 5 nitrogen and oxygen atoms in total. The summed E-state index contributed by atoms with van der Waals surface area (Å²) in [6.07, 6.45) is 7.81. The van der Waals surface area contributed by atoms with Gasteiger partial charge in [-0.2, -0.15) is 0 Å². The van der Waals surface area contributed by atoms with Gasteiger partial charge < -0.3 is 14.6 Å². The lowest BCUT2D eigenvalue weighted by Gasteiger charge is -2.33. The minimum Gasteiger partial charge on any atom is -0.376 e. The Hall–Kier alpha value is -2.15. The number of carbonyl (C=O) groups excluding carboxylic acids is 1. The van der Waals surface area contributed by atoms with Crippen molar-refractivity contribution in [3.05, 3.63) is 52.3 Å². The average molecular weight is 504 g/mol. The van der Waals surface area contributed by atoms with Gasteiger partial charge in [0.1, 0.15) is 17.7 Å². The molecule has 2 atom stereocenters. The number of hydrogen-bond acceptors (Lipinski definition) is 3. The number of aromatic nitrogens is 2. The van der Waals surface area contributed by atoms with E-state index in [1.54, 1.807) is 18.2 Å². The number of nitrogens with zero attached hydrogens (tertiary/aromatic N) is 2. The Bertz CT molecular complexity index is 1170. The van der Waals surface area contributed by atoms with Gasteiger partial charge in [0.2, 0.25) is 5.91 Å². The molecule has 5 rings (SSSR count). The molecule has 34 heavy (non-hydrogen) atoms. The SMILES string of the molecule is O=C(NC1CCCCC1)C(C1CCCCO1)n1c(-c2ccc(Cl)cc2)nc2cc(F)c(Cl)cc21. The van der Waals surface area contributed by atoms with Crippen molar-refractivity contribution in [2.75, 3.05) is 6.61 Å². The van der Waals surface area contributed by atoms with Gasteiger partial charge in [0.25, 0.3) is 0 Å². The Kier molecular flexibility index (Phi) is 7.09. The Morgan fingerprint density at radius 1 is 1.06 bits per heavy atom. The predicted molar refractivity (Wildman–Crippen MR) is 133 cm³/mol. The Morgan fingerprint density at radius 2 is 1.79 bits per heavy atom. The molecule has 1 aliphatic carbocycles. The van der Waals surface area contributed by atoms with Gasteiger partial charge in [-0.15, -0.1) is 0 Å². The molecule has 2 aromatic carbocycles. The molecule has 2 fully saturated rings. The quantitative estimate of drug-likeness (QED) is 0.420. The fraction of sp³-hybridized carbons (Fsp3) is 0.462. The first-order chi connectivity index (χ1) is 16.5. The summed E-state index contributed by atoms with van der Waals surface area (Å²) in [5.41, 5.74) is 1.83. The smallest absolute Gasteiger partial charge is 0.246 e. The fourth-order valence-corrected chi connectivity index (χ4v) is 5.46. The van der Waals surface area contributed by atoms with E-state index >= 15 is 0 Å². The number of hydrogen-bond donors (Lipinski definition) is 1. The minimum atomic E-state index is -0.653. The molecule has 1 saturated heterocycles. The second-order valence-electron chi connectivity index (χ2n) is 9.26. The molecule has 8 heteroatoms. The lowest BCUT2D eigenvalue weighted by Crippen LogP contribution is -2.46. The van der Waals surface area contributed by atoms with Gasteiger partial charge in [0.05, 0.1) is 22.2 Å². The zero-order valence-electron chi connectivity index (χ0n) is 18.9. The monoisotopic (exact) mass is 503 g/mol. The molecule has 1 saturated carbocycles. The van der Waals surface area contributed by atoms with Crippen LogP contribution in [0.4, 0.5) is 4.39 Å². The summed E-state index contributed by atoms with van der Waals surface area (Å²) in [7, 11) is 0. The van der Waals surface area contributed by atoms with E-state index in [-0.39, 0.29) is 23.1 Å². The number of halogens is 3. The van der Waals surface area contributed by atoms with Crippen LogP contribution in [-0.4, -0.2) is 34.2 Å². The molecule has 0 bridgehead atoms. The summed E-state index contributed by atoms with van der Waals surface area (Å²) in [4.78, 5) is 18.6. The number of imidazole rings is 1. The summed E-state index contributed by atoms with van der Waals surface area (Å²) in [6.45, 7) is 0.607. The van der Waals surface area contributed by atoms with Crippen LogP contribution in [0, 0.1) is 5.82 Å². The largest absolute Gasteiger partial charge is 0.376 e. The summed E-state index contributed by atoms with van der Waals surface area (Å²) < 4.78 is 22.4. The van der Waals surface area contributed by atoms with Crippen molar-refractivity contribution in [2.45, 2.75) is 69.6 Å². The van der Waals surface area contributed by atoms with Crippen LogP contribution < -0.4 is 5.32 Å². The lowest BCUT2D eigenvalue weighted by molar-refractivity contribution is -0.131. The van der Waals surface area contributed by atoms with E-state index < -0.39 is 11.9 Å². The number of ether oxygens (including phenoxy) is 1. The highest BCUT2D eigenvalue weighted by Crippen LogP contribution is 2.36. The second kappa shape index (κ2) is 10.2. The maximum atomic E-state index is 14.4. The molecule has 0 radical (unpaired) electrons. The molecule has 1 aromatic heterocycles. The van der Waals surface area contributed by atoms with Gasteiger partial charge in [0.15, 0.2) is 0 Å². The van der Waals surface area contributed by atoms with E-state index in [0.29, 0.717) is 28.5 Å². The van der Waals surface area contributed by atoms with Crippen LogP contribution in [0.2, 0.25) is 10.0 Å². The number of carbonyl (C=O) groups is 1. The van der Waals surface area contributed by atoms with Gasteiger partial charge in [-0.1, -0.05) is 42.5 Å². The van der Waals surface area contributed by atoms with Crippen molar-refractivity contribution in [1.82, 2.24) is 14.9 Å². The zero-order chi connectivity index (χ0) is 23.7. The molecule has 1 aliphatic heterocycles. The number of benzene rings is 2. The molecular formula is C26H28Cl2FN3O2. The fourth-order valence-electron chi connectivity index (χ4n) is 5.18. The number of nitrogens with one attached hydrogen (secondary N) is 1. The van der Waals surface area contributed by atoms with E-state index in [1.807, 2.05) is 16.7 Å². The van der Waals surface area contributed by atoms with E-state index in [0.717, 1.165) is 50.5 Å². The third-order valence-corrected chi connectivity index (χ3v) is 7.44. The van der Waals surface area contributed by atoms with E-state index in [9.17, 15) is 9.18 Å². The molecule has 2 unspecified atom stereocenters. The van der Waals surface area contributed by atoms with Crippen molar-refractivity contribution in [1.29, 1.82) is 0 Å². The van der Waals surface area contributed by atoms with Gasteiger partial charge in [0, 0.05) is 29.3 Å². The molecule has 2 aliphatic rings. The Labute approximate surface area is 208 Å². The highest BCUT2D eigenvalue weighted by atomic mass is 35.5. The molecule has 1 N–H and O–H groups in total. The number of rotatable bonds is 5. The first-order valence-corrected chi connectivity index (χ1v) is 12.8. The molecule has 1 amide bonds. The third-order valence-electron chi connectivity index (χ3n) is 6.90. The third kappa shape index (κ3) is 4.81. The zero-order valence-corrected chi connectivity index (χ0v) is 20.4. The van der Waals surface area contributed by atoms with Gasteiger partial charge in [-0.3, -0.25) is 4.79 Å². The Balaban J connectivity index is 1.65. The maximum absolute atomic E-state index is 14.4. The minimum absolute atomic E-state index is 0.00712. The highest BCUT2D eigenvalue weighted by Gasteiger charge is 2.36. The first-order valence-electron chi connectivity index (χ1n) is 12.1. The first kappa shape index (κ1) is 23.6. The standard InChI is InChI=1S/C26H28Cl2FN3O2/c27-17-11-9-16(10-12-17)25-31-21-15-20(29)19(28)14-22(21)32(25)24(23-8-4-5-13-34-23)26(33)30-18-6-2-1-3-7-18/h9-12,14-15,18,23-24H,1-8,13H2,(H,30,33). The van der Waals surface area contributed by atoms with Crippen molar-refractivity contribution < 1.29 is 13.9 Å². The molecule has 2 heterocycles. The molecule has 0 spiro atoms. The summed E-state index contributed by atoms with van der Waals surface area (Å²) in [6, 6.07) is 9.66. The van der Waals surface area contributed by atoms with Crippen LogP contribution >= 0.6 is 23.2 Å². The van der Waals surface area contributed by atoms with Crippen LogP contribution in [0.1, 0.15) is 57.4 Å². The van der Waals surface area contributed by atoms with Crippen LogP contribution in [0.25, 0.3) is 22.4 Å². The second-order valence-corrected chi connectivity index (χ2v) is 10.1. The summed E-state index contributed by atoms with van der Waals surface area (Å²) in [5, 5.41) is 3.88. The summed E-state index contributed by atoms with van der Waals surface area (Å²) in [5.74, 6) is -0.0707. The molecule has 180 valence electrons. The van der Waals surface area contributed by atoms with E-state index in [4.69, 9.17) is 32.9 Å². The van der Waals surface area contributed by atoms with Crippen molar-refractivity contribution in [3.63, 3.8) is 0 Å². The van der Waals surface area contributed by atoms with Crippen LogP contribution in [-0.2, 0) is 9.53 Å². The Morgan fingerprint density at radius 3 is 2.50 bits per heavy atom. The van der Waals surface area contributed by atoms with Crippen molar-refractivity contribution in [3.8, 4) is 11.4 Å². The maximum Gasteiger partial charge on any atom is 0.246 e. The highest BCUT2D eigenvalue weighted by molar-refractivity contribution is 6.31. The van der Waals surface area contributed by atoms with E-state index in [2.05, 4.69) is 5.32 Å². The van der Waals surface area contributed by atoms with Crippen LogP contribution in [0.5, 0.6) is 0 Å². The van der Waals surface area contributed by atoms with Crippen molar-refractivity contribution in [2.24, 2.45) is 0 Å². The number of fused-ring (bicyclic) bond motifs is 1. The van der Waals surface area contributed by atoms with Gasteiger partial charge >= 0.3 is 0 Å². The van der Waals surface area contributed by atoms with Crippen molar-refractivity contribution >= 4 is 40.1 Å². The average Bonchev–Trinajstić information content (AvgIpc) is 3.19. The topological polar surface area (TPSA) is 56.1 Å². The molecule has 3 aromatic rings. The molecular weight excluding hydrogens is 476 g/mol. The number of amides is 1. The lowest BCUT2D eigenvalue weighted by atomic mass is 9.94. The predicted octanol–water partition coefficient (Wildman–Crippen LogP) is 6.71. The normalized spacial score (nSPS) is 20.4. The van der Waals surface area contributed by atoms with Gasteiger partial charge in [-0.25, -0.2) is 9.37 Å². The summed E-state index contributed by atoms with van der Waals surface area (Å²) >= 11 is 12.3. The van der Waals surface area contributed by atoms with E-state index in [1.165, 1.54) is 12.5 Å². The van der Waals surface area contributed by atoms with Crippen LogP contribution in [0.3, 0.4) is 0 Å². The van der Waals surface area contributed by atoms with Crippen LogP contribution in [0.15, 0.2) is 36.4 Å². The van der Waals surface area contributed by atoms with Gasteiger partial charge in [-0.05, 0) is 62.4 Å².